The van der Waals surface area contributed by atoms with E-state index in [1.54, 1.807) is 56.6 Å². The van der Waals surface area contributed by atoms with Gasteiger partial charge in [-0.3, -0.25) is 9.59 Å². The smallest absolute Gasteiger partial charge is 0.326 e. The lowest BCUT2D eigenvalue weighted by molar-refractivity contribution is -0.156. The van der Waals surface area contributed by atoms with E-state index in [9.17, 15) is 9.59 Å². The van der Waals surface area contributed by atoms with Crippen molar-refractivity contribution in [2.24, 2.45) is 0 Å². The molecular weight excluding hydrogens is 426 g/mol. The number of fused-ring (bicyclic) bond motifs is 1. The molecule has 1 unspecified atom stereocenters. The van der Waals surface area contributed by atoms with Crippen LogP contribution in [0, 0.1) is 11.3 Å². The van der Waals surface area contributed by atoms with Gasteiger partial charge in [0.2, 0.25) is 0 Å². The Morgan fingerprint density at radius 2 is 2.00 bits per heavy atom. The van der Waals surface area contributed by atoms with Crippen LogP contribution in [-0.2, 0) is 9.53 Å². The predicted octanol–water partition coefficient (Wildman–Crippen LogP) is 3.98. The van der Waals surface area contributed by atoms with Crippen LogP contribution in [0.5, 0.6) is 0 Å². The highest BCUT2D eigenvalue weighted by atomic mass is 32.1. The fourth-order valence-corrected chi connectivity index (χ4v) is 3.93. The normalized spacial score (nSPS) is 15.5. The van der Waals surface area contributed by atoms with E-state index in [4.69, 9.17) is 10.00 Å². The first-order chi connectivity index (χ1) is 15.2. The summed E-state index contributed by atoms with van der Waals surface area (Å²) in [6.07, 6.45) is -0.615. The maximum Gasteiger partial charge on any atom is 0.326 e. The Kier molecular flexibility index (Phi) is 5.63. The van der Waals surface area contributed by atoms with E-state index in [0.29, 0.717) is 22.6 Å². The molecule has 0 fully saturated rings. The second kappa shape index (κ2) is 8.40. The van der Waals surface area contributed by atoms with E-state index in [1.165, 1.54) is 16.2 Å². The molecule has 2 aromatic heterocycles. The number of nitrogens with zero attached hydrogens (tertiary/aromatic N) is 4. The largest absolute Gasteiger partial charge is 0.459 e. The summed E-state index contributed by atoms with van der Waals surface area (Å²) in [5, 5.41) is 14.1. The van der Waals surface area contributed by atoms with E-state index in [-0.39, 0.29) is 12.2 Å². The molecular formula is C23H21N5O3S. The highest BCUT2D eigenvalue weighted by molar-refractivity contribution is 7.07. The van der Waals surface area contributed by atoms with Crippen LogP contribution >= 0.6 is 11.3 Å². The van der Waals surface area contributed by atoms with Gasteiger partial charge in [-0.25, -0.2) is 9.97 Å². The zero-order valence-electron chi connectivity index (χ0n) is 17.8. The van der Waals surface area contributed by atoms with Crippen LogP contribution in [0.25, 0.3) is 11.3 Å². The highest BCUT2D eigenvalue weighted by Gasteiger charge is 2.37. The Labute approximate surface area is 189 Å². The number of carbonyl (C=O) groups is 2. The summed E-state index contributed by atoms with van der Waals surface area (Å²) < 4.78 is 5.43. The quantitative estimate of drug-likeness (QED) is 0.603. The van der Waals surface area contributed by atoms with Crippen molar-refractivity contribution in [2.45, 2.75) is 32.5 Å². The van der Waals surface area contributed by atoms with Gasteiger partial charge in [0.1, 0.15) is 18.3 Å². The number of pyridine rings is 1. The number of thiazole rings is 1. The van der Waals surface area contributed by atoms with Crippen LogP contribution in [0.3, 0.4) is 0 Å². The lowest BCUT2D eigenvalue weighted by Crippen LogP contribution is -2.47. The maximum atomic E-state index is 13.5. The number of rotatable bonds is 4. The number of ether oxygens (including phenoxy) is 1. The molecule has 1 aromatic carbocycles. The molecule has 3 aromatic rings. The maximum absolute atomic E-state index is 13.5. The number of aromatic nitrogens is 2. The van der Waals surface area contributed by atoms with Gasteiger partial charge in [-0.05, 0) is 45.0 Å². The molecule has 1 aliphatic rings. The van der Waals surface area contributed by atoms with Crippen LogP contribution < -0.4 is 5.32 Å². The Morgan fingerprint density at radius 1 is 1.25 bits per heavy atom. The van der Waals surface area contributed by atoms with Crippen molar-refractivity contribution in [3.05, 3.63) is 64.2 Å². The van der Waals surface area contributed by atoms with Gasteiger partial charge in [-0.2, -0.15) is 5.26 Å². The second-order valence-electron chi connectivity index (χ2n) is 8.26. The number of benzene rings is 1. The SMILES string of the molecule is CC(C)(C)OC(=O)CN1C(=O)c2nc(-c3ccc(C#N)cc3)ccc2NC1c1cscn1. The number of nitriles is 1. The molecule has 0 spiro atoms. The fraction of sp³-hybridized carbons (Fsp3) is 0.261. The van der Waals surface area contributed by atoms with Crippen molar-refractivity contribution in [3.63, 3.8) is 0 Å². The number of hydrogen-bond acceptors (Lipinski definition) is 8. The molecule has 162 valence electrons. The Balaban J connectivity index is 1.69. The molecule has 3 heterocycles. The van der Waals surface area contributed by atoms with Gasteiger partial charge in [0.05, 0.1) is 34.2 Å². The minimum atomic E-state index is -0.668. The van der Waals surface area contributed by atoms with Gasteiger partial charge in [-0.15, -0.1) is 11.3 Å². The molecule has 9 heteroatoms. The van der Waals surface area contributed by atoms with Crippen LogP contribution in [0.2, 0.25) is 0 Å². The monoisotopic (exact) mass is 447 g/mol. The van der Waals surface area contributed by atoms with E-state index in [2.05, 4.69) is 21.4 Å². The minimum absolute atomic E-state index is 0.210. The van der Waals surface area contributed by atoms with E-state index in [1.807, 2.05) is 11.4 Å². The lowest BCUT2D eigenvalue weighted by atomic mass is 10.1. The number of esters is 1. The van der Waals surface area contributed by atoms with Gasteiger partial charge in [0.25, 0.3) is 5.91 Å². The third-order valence-corrected chi connectivity index (χ3v) is 5.33. The zero-order valence-corrected chi connectivity index (χ0v) is 18.6. The van der Waals surface area contributed by atoms with Crippen molar-refractivity contribution in [1.82, 2.24) is 14.9 Å². The summed E-state index contributed by atoms with van der Waals surface area (Å²) in [5.74, 6) is -0.905. The second-order valence-corrected chi connectivity index (χ2v) is 8.98. The van der Waals surface area contributed by atoms with Gasteiger partial charge in [-0.1, -0.05) is 12.1 Å². The molecule has 1 atom stereocenters. The van der Waals surface area contributed by atoms with E-state index in [0.717, 1.165) is 5.56 Å². The molecule has 0 saturated carbocycles. The van der Waals surface area contributed by atoms with Crippen molar-refractivity contribution < 1.29 is 14.3 Å². The number of amides is 1. The standard InChI is InChI=1S/C23H21N5O3S/c1-23(2,3)31-19(29)11-28-21(18-12-32-13-25-18)27-17-9-8-16(26-20(17)22(28)30)15-6-4-14(10-24)5-7-15/h4-9,12-13,21,27H,11H2,1-3H3. The highest BCUT2D eigenvalue weighted by Crippen LogP contribution is 2.33. The summed E-state index contributed by atoms with van der Waals surface area (Å²) in [4.78, 5) is 36.3. The van der Waals surface area contributed by atoms with Crippen molar-refractivity contribution in [3.8, 4) is 17.3 Å². The number of carbonyl (C=O) groups excluding carboxylic acids is 2. The molecule has 1 amide bonds. The number of nitrogens with one attached hydrogen (secondary N) is 1. The molecule has 4 rings (SSSR count). The average molecular weight is 448 g/mol. The predicted molar refractivity (Wildman–Crippen MR) is 120 cm³/mol. The molecule has 0 bridgehead atoms. The van der Waals surface area contributed by atoms with Crippen LogP contribution in [0.4, 0.5) is 5.69 Å². The van der Waals surface area contributed by atoms with Gasteiger partial charge < -0.3 is 15.0 Å². The molecule has 0 saturated heterocycles. The third kappa shape index (κ3) is 4.45. The van der Waals surface area contributed by atoms with Crippen molar-refractivity contribution in [1.29, 1.82) is 5.26 Å². The summed E-state index contributed by atoms with van der Waals surface area (Å²) in [6, 6.07) is 12.6. The van der Waals surface area contributed by atoms with Crippen molar-refractivity contribution in [2.75, 3.05) is 11.9 Å². The van der Waals surface area contributed by atoms with Crippen LogP contribution in [0.15, 0.2) is 47.3 Å². The molecule has 32 heavy (non-hydrogen) atoms. The number of hydrogen-bond donors (Lipinski definition) is 1. The average Bonchev–Trinajstić information content (AvgIpc) is 3.29. The summed E-state index contributed by atoms with van der Waals surface area (Å²) in [7, 11) is 0. The van der Waals surface area contributed by atoms with Crippen molar-refractivity contribution >= 4 is 28.9 Å². The van der Waals surface area contributed by atoms with Gasteiger partial charge in [0, 0.05) is 10.9 Å². The molecule has 1 aliphatic heterocycles. The first-order valence-corrected chi connectivity index (χ1v) is 10.9. The first kappa shape index (κ1) is 21.5. The zero-order chi connectivity index (χ0) is 22.9. The lowest BCUT2D eigenvalue weighted by Gasteiger charge is -2.36. The van der Waals surface area contributed by atoms with Gasteiger partial charge >= 0.3 is 5.97 Å². The molecule has 1 N–H and O–H groups in total. The minimum Gasteiger partial charge on any atom is -0.459 e. The van der Waals surface area contributed by atoms with E-state index < -0.39 is 23.6 Å². The number of anilines is 1. The topological polar surface area (TPSA) is 108 Å². The molecule has 8 nitrogen and oxygen atoms in total. The molecule has 0 radical (unpaired) electrons. The summed E-state index contributed by atoms with van der Waals surface area (Å²) in [5.41, 5.74) is 4.32. The Morgan fingerprint density at radius 3 is 2.62 bits per heavy atom. The summed E-state index contributed by atoms with van der Waals surface area (Å²) >= 11 is 1.41. The van der Waals surface area contributed by atoms with Crippen LogP contribution in [-0.4, -0.2) is 38.9 Å². The first-order valence-electron chi connectivity index (χ1n) is 9.94. The van der Waals surface area contributed by atoms with Gasteiger partial charge in [0.15, 0.2) is 5.69 Å². The Bertz CT molecular complexity index is 1190. The van der Waals surface area contributed by atoms with E-state index >= 15 is 0 Å². The molecule has 0 aliphatic carbocycles. The fourth-order valence-electron chi connectivity index (χ4n) is 3.36. The third-order valence-electron chi connectivity index (χ3n) is 4.72. The summed E-state index contributed by atoms with van der Waals surface area (Å²) in [6.45, 7) is 5.09. The Hall–Kier alpha value is -3.77. The van der Waals surface area contributed by atoms with Crippen LogP contribution in [0.1, 0.15) is 48.7 Å².